The molecule has 0 aliphatic heterocycles. The van der Waals surface area contributed by atoms with Crippen molar-refractivity contribution >= 4 is 5.65 Å². The maximum atomic E-state index is 12.9. The Morgan fingerprint density at radius 1 is 1.09 bits per heavy atom. The summed E-state index contributed by atoms with van der Waals surface area (Å²) in [6.07, 6.45) is -3.82. The molecule has 0 aliphatic rings. The van der Waals surface area contributed by atoms with Gasteiger partial charge in [-0.1, -0.05) is 18.2 Å². The first kappa shape index (κ1) is 14.1. The van der Waals surface area contributed by atoms with Gasteiger partial charge in [0.1, 0.15) is 5.65 Å². The van der Waals surface area contributed by atoms with Gasteiger partial charge in [-0.3, -0.25) is 0 Å². The third kappa shape index (κ3) is 2.66. The third-order valence-corrected chi connectivity index (χ3v) is 3.28. The van der Waals surface area contributed by atoms with E-state index in [-0.39, 0.29) is 11.4 Å². The van der Waals surface area contributed by atoms with Crippen LogP contribution in [0, 0.1) is 11.3 Å². The molecule has 1 aromatic carbocycles. The number of hydrogen-bond acceptors (Lipinski definition) is 2. The molecule has 0 radical (unpaired) electrons. The predicted octanol–water partition coefficient (Wildman–Crippen LogP) is 3.98. The van der Waals surface area contributed by atoms with Crippen molar-refractivity contribution in [1.82, 2.24) is 9.38 Å². The maximum Gasteiger partial charge on any atom is 0.394 e. The molecule has 6 heteroatoms. The van der Waals surface area contributed by atoms with Crippen molar-refractivity contribution in [1.29, 1.82) is 5.26 Å². The highest BCUT2D eigenvalue weighted by Gasteiger charge is 2.31. The molecule has 3 aromatic rings. The van der Waals surface area contributed by atoms with E-state index < -0.39 is 12.6 Å². The predicted molar refractivity (Wildman–Crippen MR) is 75.1 cm³/mol. The first-order chi connectivity index (χ1) is 10.5. The monoisotopic (exact) mass is 301 g/mol. The highest BCUT2D eigenvalue weighted by atomic mass is 19.4. The zero-order valence-electron chi connectivity index (χ0n) is 11.3. The average Bonchev–Trinajstić information content (AvgIpc) is 2.84. The summed E-state index contributed by atoms with van der Waals surface area (Å²) in [5.74, 6) is 0. The van der Waals surface area contributed by atoms with Crippen molar-refractivity contribution in [2.24, 2.45) is 0 Å². The lowest BCUT2D eigenvalue weighted by Gasteiger charge is -2.08. The summed E-state index contributed by atoms with van der Waals surface area (Å²) in [5, 5.41) is 8.80. The number of hydrogen-bond donors (Lipinski definition) is 0. The van der Waals surface area contributed by atoms with Gasteiger partial charge in [0.05, 0.1) is 29.4 Å². The minimum atomic E-state index is -4.33. The van der Waals surface area contributed by atoms with Crippen LogP contribution in [0.5, 0.6) is 0 Å². The lowest BCUT2D eigenvalue weighted by atomic mass is 10.1. The Bertz CT molecular complexity index is 855. The van der Waals surface area contributed by atoms with Crippen molar-refractivity contribution in [3.8, 4) is 17.3 Å². The normalized spacial score (nSPS) is 11.5. The highest BCUT2D eigenvalue weighted by molar-refractivity contribution is 5.67. The summed E-state index contributed by atoms with van der Waals surface area (Å²) in [6, 6.07) is 13.4. The molecule has 0 saturated heterocycles. The molecule has 0 atom stereocenters. The van der Waals surface area contributed by atoms with E-state index in [2.05, 4.69) is 4.98 Å². The number of halogens is 3. The van der Waals surface area contributed by atoms with Crippen LogP contribution in [0.1, 0.15) is 11.3 Å². The Kier molecular flexibility index (Phi) is 3.33. The number of imidazole rings is 1. The fourth-order valence-corrected chi connectivity index (χ4v) is 2.34. The van der Waals surface area contributed by atoms with Crippen LogP contribution in [0.4, 0.5) is 13.2 Å². The molecule has 110 valence electrons. The van der Waals surface area contributed by atoms with Gasteiger partial charge in [-0.05, 0) is 24.3 Å². The molecular formula is C16H10F3N3. The maximum absolute atomic E-state index is 12.9. The zero-order chi connectivity index (χ0) is 15.7. The summed E-state index contributed by atoms with van der Waals surface area (Å²) in [5.41, 5.74) is 1.84. The van der Waals surface area contributed by atoms with Crippen LogP contribution in [-0.4, -0.2) is 15.6 Å². The smallest absolute Gasteiger partial charge is 0.303 e. The quantitative estimate of drug-likeness (QED) is 0.718. The number of aromatic nitrogens is 2. The Morgan fingerprint density at radius 2 is 1.82 bits per heavy atom. The SMILES string of the molecule is N#Cc1ccc(-c2nc3ccccn3c2CC(F)(F)F)cc1. The number of nitrogens with zero attached hydrogens (tertiary/aromatic N) is 3. The summed E-state index contributed by atoms with van der Waals surface area (Å²) in [7, 11) is 0. The van der Waals surface area contributed by atoms with Gasteiger partial charge in [0.2, 0.25) is 0 Å². The molecule has 2 heterocycles. The molecular weight excluding hydrogens is 291 g/mol. The van der Waals surface area contributed by atoms with Gasteiger partial charge in [0.15, 0.2) is 0 Å². The van der Waals surface area contributed by atoms with Gasteiger partial charge in [-0.25, -0.2) is 4.98 Å². The molecule has 22 heavy (non-hydrogen) atoms. The van der Waals surface area contributed by atoms with Gasteiger partial charge in [-0.15, -0.1) is 0 Å². The van der Waals surface area contributed by atoms with Crippen LogP contribution >= 0.6 is 0 Å². The zero-order valence-corrected chi connectivity index (χ0v) is 11.3. The first-order valence-corrected chi connectivity index (χ1v) is 6.51. The van der Waals surface area contributed by atoms with E-state index in [4.69, 9.17) is 5.26 Å². The molecule has 0 fully saturated rings. The molecule has 0 N–H and O–H groups in total. The lowest BCUT2D eigenvalue weighted by Crippen LogP contribution is -2.14. The van der Waals surface area contributed by atoms with E-state index in [0.29, 0.717) is 16.8 Å². The number of pyridine rings is 1. The Balaban J connectivity index is 2.19. The van der Waals surface area contributed by atoms with Crippen LogP contribution in [-0.2, 0) is 6.42 Å². The number of fused-ring (bicyclic) bond motifs is 1. The molecule has 3 nitrogen and oxygen atoms in total. The molecule has 0 amide bonds. The topological polar surface area (TPSA) is 41.1 Å². The molecule has 0 saturated carbocycles. The Morgan fingerprint density at radius 3 is 2.45 bits per heavy atom. The van der Waals surface area contributed by atoms with Gasteiger partial charge in [0, 0.05) is 11.8 Å². The second-order valence-corrected chi connectivity index (χ2v) is 4.82. The van der Waals surface area contributed by atoms with Crippen molar-refractivity contribution in [3.05, 3.63) is 59.9 Å². The summed E-state index contributed by atoms with van der Waals surface area (Å²) in [6.45, 7) is 0. The van der Waals surface area contributed by atoms with E-state index in [1.807, 2.05) is 6.07 Å². The minimum Gasteiger partial charge on any atom is -0.303 e. The molecule has 2 aromatic heterocycles. The highest BCUT2D eigenvalue weighted by Crippen LogP contribution is 2.30. The van der Waals surface area contributed by atoms with Crippen molar-refractivity contribution in [2.75, 3.05) is 0 Å². The van der Waals surface area contributed by atoms with E-state index in [1.165, 1.54) is 4.40 Å². The van der Waals surface area contributed by atoms with E-state index >= 15 is 0 Å². The molecule has 0 aliphatic carbocycles. The number of alkyl halides is 3. The van der Waals surface area contributed by atoms with Crippen molar-refractivity contribution in [2.45, 2.75) is 12.6 Å². The summed E-state index contributed by atoms with van der Waals surface area (Å²) < 4.78 is 40.1. The summed E-state index contributed by atoms with van der Waals surface area (Å²) >= 11 is 0. The molecule has 0 bridgehead atoms. The second-order valence-electron chi connectivity index (χ2n) is 4.82. The first-order valence-electron chi connectivity index (χ1n) is 6.51. The number of benzene rings is 1. The Hall–Kier alpha value is -2.81. The van der Waals surface area contributed by atoms with Crippen LogP contribution in [0.3, 0.4) is 0 Å². The van der Waals surface area contributed by atoms with E-state index in [1.54, 1.807) is 48.7 Å². The third-order valence-electron chi connectivity index (χ3n) is 3.28. The molecule has 0 spiro atoms. The van der Waals surface area contributed by atoms with Crippen LogP contribution in [0.25, 0.3) is 16.9 Å². The standard InChI is InChI=1S/C16H10F3N3/c17-16(18,19)9-13-15(12-6-4-11(10-20)5-7-12)21-14-3-1-2-8-22(13)14/h1-8H,9H2. The fraction of sp³-hybridized carbons (Fsp3) is 0.125. The second kappa shape index (κ2) is 5.19. The van der Waals surface area contributed by atoms with Gasteiger partial charge < -0.3 is 4.40 Å². The fourth-order valence-electron chi connectivity index (χ4n) is 2.34. The molecule has 0 unspecified atom stereocenters. The van der Waals surface area contributed by atoms with E-state index in [0.717, 1.165) is 0 Å². The van der Waals surface area contributed by atoms with Crippen molar-refractivity contribution in [3.63, 3.8) is 0 Å². The number of rotatable bonds is 2. The van der Waals surface area contributed by atoms with Crippen molar-refractivity contribution < 1.29 is 13.2 Å². The Labute approximate surface area is 124 Å². The van der Waals surface area contributed by atoms with Gasteiger partial charge in [-0.2, -0.15) is 18.4 Å². The van der Waals surface area contributed by atoms with Crippen LogP contribution in [0.2, 0.25) is 0 Å². The van der Waals surface area contributed by atoms with Gasteiger partial charge in [0.25, 0.3) is 0 Å². The average molecular weight is 301 g/mol. The van der Waals surface area contributed by atoms with Crippen LogP contribution in [0.15, 0.2) is 48.7 Å². The largest absolute Gasteiger partial charge is 0.394 e. The summed E-state index contributed by atoms with van der Waals surface area (Å²) in [4.78, 5) is 4.30. The molecule has 3 rings (SSSR count). The number of nitriles is 1. The van der Waals surface area contributed by atoms with Crippen LogP contribution < -0.4 is 0 Å². The lowest BCUT2D eigenvalue weighted by molar-refractivity contribution is -0.127. The van der Waals surface area contributed by atoms with E-state index in [9.17, 15) is 13.2 Å². The van der Waals surface area contributed by atoms with Gasteiger partial charge >= 0.3 is 6.18 Å². The minimum absolute atomic E-state index is 0.0906.